The predicted molar refractivity (Wildman–Crippen MR) is 118 cm³/mol. The van der Waals surface area contributed by atoms with E-state index in [4.69, 9.17) is 9.68 Å². The number of rotatable bonds is 6. The van der Waals surface area contributed by atoms with Crippen molar-refractivity contribution >= 4 is 43.5 Å². The van der Waals surface area contributed by atoms with E-state index >= 15 is 0 Å². The van der Waals surface area contributed by atoms with Crippen molar-refractivity contribution in [3.8, 4) is 6.07 Å². The van der Waals surface area contributed by atoms with Crippen LogP contribution in [0.25, 0.3) is 0 Å². The van der Waals surface area contributed by atoms with Gasteiger partial charge in [0.1, 0.15) is 11.8 Å². The fraction of sp³-hybridized carbons (Fsp3) is 0.136. The summed E-state index contributed by atoms with van der Waals surface area (Å²) in [7, 11) is -4.14. The largest absolute Gasteiger partial charge is 0.468 e. The molecule has 0 aliphatic carbocycles. The summed E-state index contributed by atoms with van der Waals surface area (Å²) in [6.07, 6.45) is 1.10. The number of nitriles is 1. The fourth-order valence-corrected chi connectivity index (χ4v) is 5.27. The number of carbonyl (C=O) groups excluding carboxylic acids is 2. The topological polar surface area (TPSA) is 112 Å². The molecule has 1 fully saturated rings. The third kappa shape index (κ3) is 4.10. The second-order valence-corrected chi connectivity index (χ2v) is 9.84. The van der Waals surface area contributed by atoms with Crippen molar-refractivity contribution in [2.75, 3.05) is 4.90 Å². The molecule has 162 valence electrons. The first-order chi connectivity index (χ1) is 15.3. The zero-order valence-electron chi connectivity index (χ0n) is 16.5. The highest BCUT2D eigenvalue weighted by atomic mass is 79.9. The Morgan fingerprint density at radius 2 is 1.78 bits per heavy atom. The van der Waals surface area contributed by atoms with Crippen LogP contribution in [0.5, 0.6) is 0 Å². The molecule has 2 amide bonds. The van der Waals surface area contributed by atoms with Crippen LogP contribution in [-0.4, -0.2) is 30.6 Å². The lowest BCUT2D eigenvalue weighted by molar-refractivity contribution is -0.122. The molecule has 3 aromatic rings. The van der Waals surface area contributed by atoms with Crippen LogP contribution < -0.4 is 4.90 Å². The third-order valence-electron chi connectivity index (χ3n) is 5.04. The summed E-state index contributed by atoms with van der Waals surface area (Å²) < 4.78 is 34.0. The molecule has 1 unspecified atom stereocenters. The van der Waals surface area contributed by atoms with Gasteiger partial charge in [-0.2, -0.15) is 9.57 Å². The van der Waals surface area contributed by atoms with Crippen molar-refractivity contribution in [2.45, 2.75) is 23.9 Å². The lowest BCUT2D eigenvalue weighted by Crippen LogP contribution is -2.45. The standard InChI is InChI=1S/C22H16BrN3O5S/c23-16-5-9-19(10-6-16)32(29,30)25(14-18-2-1-11-31-18)20-12-21(27)26(22(20)28)17-7-3-15(13-24)4-8-17/h1-11,20H,12,14H2. The van der Waals surface area contributed by atoms with Crippen molar-refractivity contribution in [2.24, 2.45) is 0 Å². The molecule has 10 heteroatoms. The summed E-state index contributed by atoms with van der Waals surface area (Å²) in [5.74, 6) is -0.852. The molecule has 4 rings (SSSR count). The molecule has 0 saturated carbocycles. The number of nitrogens with zero attached hydrogens (tertiary/aromatic N) is 3. The molecule has 1 aromatic heterocycles. The lowest BCUT2D eigenvalue weighted by Gasteiger charge is -2.26. The number of halogens is 1. The molecule has 32 heavy (non-hydrogen) atoms. The van der Waals surface area contributed by atoms with Crippen LogP contribution in [0, 0.1) is 11.3 Å². The van der Waals surface area contributed by atoms with Crippen LogP contribution in [0.3, 0.4) is 0 Å². The summed E-state index contributed by atoms with van der Waals surface area (Å²) in [4.78, 5) is 27.0. The maximum Gasteiger partial charge on any atom is 0.252 e. The number of carbonyl (C=O) groups is 2. The minimum Gasteiger partial charge on any atom is -0.468 e. The van der Waals surface area contributed by atoms with Crippen molar-refractivity contribution in [3.63, 3.8) is 0 Å². The molecule has 1 atom stereocenters. The number of hydrogen-bond donors (Lipinski definition) is 0. The van der Waals surface area contributed by atoms with Gasteiger partial charge in [0.2, 0.25) is 15.9 Å². The maximum atomic E-state index is 13.5. The van der Waals surface area contributed by atoms with Gasteiger partial charge in [-0.3, -0.25) is 9.59 Å². The summed E-state index contributed by atoms with van der Waals surface area (Å²) >= 11 is 3.28. The van der Waals surface area contributed by atoms with Crippen LogP contribution in [-0.2, 0) is 26.2 Å². The molecule has 1 aliphatic heterocycles. The fourth-order valence-electron chi connectivity index (χ4n) is 3.46. The van der Waals surface area contributed by atoms with E-state index in [1.165, 1.54) is 42.7 Å². The Kier molecular flexibility index (Phi) is 5.97. The van der Waals surface area contributed by atoms with Crippen molar-refractivity contribution < 1.29 is 22.4 Å². The van der Waals surface area contributed by atoms with E-state index in [1.807, 2.05) is 6.07 Å². The normalized spacial score (nSPS) is 16.5. The minimum atomic E-state index is -4.14. The number of sulfonamides is 1. The van der Waals surface area contributed by atoms with Gasteiger partial charge in [0, 0.05) is 4.47 Å². The summed E-state index contributed by atoms with van der Waals surface area (Å²) in [5, 5.41) is 8.97. The predicted octanol–water partition coefficient (Wildman–Crippen LogP) is 3.44. The highest BCUT2D eigenvalue weighted by molar-refractivity contribution is 9.10. The Labute approximate surface area is 192 Å². The first-order valence-electron chi connectivity index (χ1n) is 9.48. The van der Waals surface area contributed by atoms with Crippen molar-refractivity contribution in [1.82, 2.24) is 4.31 Å². The Bertz CT molecular complexity index is 1300. The smallest absolute Gasteiger partial charge is 0.252 e. The molecule has 2 aromatic carbocycles. The molecule has 1 aliphatic rings. The van der Waals surface area contributed by atoms with E-state index in [-0.39, 0.29) is 23.5 Å². The van der Waals surface area contributed by atoms with E-state index < -0.39 is 27.9 Å². The number of amides is 2. The molecule has 0 N–H and O–H groups in total. The number of benzene rings is 2. The van der Waals surface area contributed by atoms with Gasteiger partial charge in [0.25, 0.3) is 5.91 Å². The molecule has 0 radical (unpaired) electrons. The average Bonchev–Trinajstić information content (AvgIpc) is 3.40. The highest BCUT2D eigenvalue weighted by Crippen LogP contribution is 2.31. The highest BCUT2D eigenvalue weighted by Gasteiger charge is 2.47. The second-order valence-electron chi connectivity index (χ2n) is 7.03. The average molecular weight is 514 g/mol. The van der Waals surface area contributed by atoms with E-state index in [0.717, 1.165) is 9.21 Å². The van der Waals surface area contributed by atoms with Crippen LogP contribution in [0.1, 0.15) is 17.7 Å². The molecule has 1 saturated heterocycles. The quantitative estimate of drug-likeness (QED) is 0.466. The van der Waals surface area contributed by atoms with Crippen molar-refractivity contribution in [3.05, 3.63) is 82.7 Å². The maximum absolute atomic E-state index is 13.5. The summed E-state index contributed by atoms with van der Waals surface area (Å²) in [5.41, 5.74) is 0.655. The Morgan fingerprint density at radius 1 is 1.09 bits per heavy atom. The SMILES string of the molecule is N#Cc1ccc(N2C(=O)CC(N(Cc3ccco3)S(=O)(=O)c3ccc(Br)cc3)C2=O)cc1. The number of hydrogen-bond acceptors (Lipinski definition) is 6. The first-order valence-corrected chi connectivity index (χ1v) is 11.7. The second kappa shape index (κ2) is 8.70. The van der Waals surface area contributed by atoms with Gasteiger partial charge in [0.05, 0.1) is 41.4 Å². The number of furan rings is 1. The van der Waals surface area contributed by atoms with Crippen LogP contribution in [0.2, 0.25) is 0 Å². The zero-order chi connectivity index (χ0) is 22.9. The van der Waals surface area contributed by atoms with E-state index in [9.17, 15) is 18.0 Å². The van der Waals surface area contributed by atoms with Gasteiger partial charge in [-0.05, 0) is 60.7 Å². The minimum absolute atomic E-state index is 0.00988. The number of anilines is 1. The molecule has 0 bridgehead atoms. The molecule has 8 nitrogen and oxygen atoms in total. The number of imide groups is 1. The van der Waals surface area contributed by atoms with Crippen molar-refractivity contribution in [1.29, 1.82) is 5.26 Å². The van der Waals surface area contributed by atoms with Gasteiger partial charge in [-0.1, -0.05) is 15.9 Å². The first kappa shape index (κ1) is 22.0. The lowest BCUT2D eigenvalue weighted by atomic mass is 10.2. The molecule has 2 heterocycles. The van der Waals surface area contributed by atoms with Crippen LogP contribution >= 0.6 is 15.9 Å². The molecular weight excluding hydrogens is 498 g/mol. The van der Waals surface area contributed by atoms with Gasteiger partial charge >= 0.3 is 0 Å². The monoisotopic (exact) mass is 513 g/mol. The molecular formula is C22H16BrN3O5S. The van der Waals surface area contributed by atoms with Gasteiger partial charge < -0.3 is 4.42 Å². The Hall–Kier alpha value is -3.26. The molecule has 0 spiro atoms. The van der Waals surface area contributed by atoms with E-state index in [0.29, 0.717) is 15.8 Å². The Balaban J connectivity index is 1.72. The third-order valence-corrected chi connectivity index (χ3v) is 7.43. The van der Waals surface area contributed by atoms with Gasteiger partial charge in [0.15, 0.2) is 0 Å². The van der Waals surface area contributed by atoms with Gasteiger partial charge in [-0.25, -0.2) is 13.3 Å². The zero-order valence-corrected chi connectivity index (χ0v) is 18.9. The van der Waals surface area contributed by atoms with Crippen LogP contribution in [0.4, 0.5) is 5.69 Å². The van der Waals surface area contributed by atoms with Gasteiger partial charge in [-0.15, -0.1) is 0 Å². The van der Waals surface area contributed by atoms with E-state index in [2.05, 4.69) is 15.9 Å². The Morgan fingerprint density at radius 3 is 2.38 bits per heavy atom. The summed E-state index contributed by atoms with van der Waals surface area (Å²) in [6.45, 7) is -0.212. The van der Waals surface area contributed by atoms with E-state index in [1.54, 1.807) is 24.3 Å². The summed E-state index contributed by atoms with van der Waals surface area (Å²) in [6, 6.07) is 15.9. The van der Waals surface area contributed by atoms with Crippen LogP contribution in [0.15, 0.2) is 80.7 Å².